The van der Waals surface area contributed by atoms with Gasteiger partial charge in [0.25, 0.3) is 0 Å². The number of β-lactam (4-membered cyclic amide) rings is 1. The molecule has 7 nitrogen and oxygen atoms in total. The Kier molecular flexibility index (Phi) is 5.43. The summed E-state index contributed by atoms with van der Waals surface area (Å²) < 4.78 is 18.1. The first kappa shape index (κ1) is 21.2. The van der Waals surface area contributed by atoms with E-state index in [0.717, 1.165) is 11.1 Å². The molecule has 2 aliphatic heterocycles. The zero-order valence-corrected chi connectivity index (χ0v) is 18.3. The molecule has 4 rings (SSSR count). The minimum atomic E-state index is -1.55. The fourth-order valence-electron chi connectivity index (χ4n) is 4.26. The smallest absolute Gasteiger partial charge is 0.331 e. The van der Waals surface area contributed by atoms with Crippen molar-refractivity contribution in [3.05, 3.63) is 71.8 Å². The number of nitrogens with one attached hydrogen (secondary N) is 1. The topological polar surface area (TPSA) is 92.8 Å². The molecular formula is C23H24N2O5S. The Morgan fingerprint density at radius 3 is 2.03 bits per heavy atom. The highest BCUT2D eigenvalue weighted by molar-refractivity contribution is 7.87. The maximum Gasteiger partial charge on any atom is 0.331 e. The van der Waals surface area contributed by atoms with Gasteiger partial charge in [-0.2, -0.15) is 0 Å². The highest BCUT2D eigenvalue weighted by Crippen LogP contribution is 2.44. The van der Waals surface area contributed by atoms with Crippen LogP contribution < -0.4 is 5.32 Å². The van der Waals surface area contributed by atoms with Crippen molar-refractivity contribution < 1.29 is 23.3 Å². The molecule has 0 saturated carbocycles. The van der Waals surface area contributed by atoms with Crippen LogP contribution in [0.5, 0.6) is 0 Å². The van der Waals surface area contributed by atoms with E-state index in [1.807, 2.05) is 60.7 Å². The van der Waals surface area contributed by atoms with Crippen LogP contribution in [0, 0.1) is 0 Å². The molecule has 1 unspecified atom stereocenters. The van der Waals surface area contributed by atoms with Crippen LogP contribution in [-0.4, -0.2) is 49.1 Å². The second kappa shape index (κ2) is 7.92. The highest BCUT2D eigenvalue weighted by Gasteiger charge is 2.68. The van der Waals surface area contributed by atoms with Crippen molar-refractivity contribution >= 4 is 28.6 Å². The van der Waals surface area contributed by atoms with Crippen molar-refractivity contribution in [1.29, 1.82) is 0 Å². The zero-order chi connectivity index (χ0) is 22.3. The molecule has 2 heterocycles. The van der Waals surface area contributed by atoms with Gasteiger partial charge in [0.1, 0.15) is 17.5 Å². The van der Waals surface area contributed by atoms with Crippen molar-refractivity contribution in [2.24, 2.45) is 0 Å². The number of carbonyl (C=O) groups excluding carboxylic acids is 3. The summed E-state index contributed by atoms with van der Waals surface area (Å²) in [5.74, 6) is -1.42. The third-order valence-electron chi connectivity index (χ3n) is 5.78. The number of fused-ring (bicyclic) bond motifs is 1. The van der Waals surface area contributed by atoms with Crippen molar-refractivity contribution in [2.75, 3.05) is 0 Å². The number of benzene rings is 2. The molecule has 0 bridgehead atoms. The zero-order valence-electron chi connectivity index (χ0n) is 17.5. The first-order chi connectivity index (χ1) is 14.7. The van der Waals surface area contributed by atoms with Crippen LogP contribution in [0.15, 0.2) is 60.7 Å². The number of nitrogens with zero attached hydrogens (tertiary/aromatic N) is 1. The number of hydrogen-bond acceptors (Lipinski definition) is 5. The predicted octanol–water partition coefficient (Wildman–Crippen LogP) is 1.90. The lowest BCUT2D eigenvalue weighted by molar-refractivity contribution is -0.166. The fraction of sp³-hybridized carbons (Fsp3) is 0.348. The van der Waals surface area contributed by atoms with E-state index in [0.29, 0.717) is 0 Å². The van der Waals surface area contributed by atoms with Crippen molar-refractivity contribution in [3.63, 3.8) is 0 Å². The highest BCUT2D eigenvalue weighted by atomic mass is 32.2. The lowest BCUT2D eigenvalue weighted by atomic mass is 9.95. The summed E-state index contributed by atoms with van der Waals surface area (Å²) >= 11 is 0. The van der Waals surface area contributed by atoms with Crippen molar-refractivity contribution in [3.8, 4) is 0 Å². The third-order valence-corrected chi connectivity index (χ3v) is 7.97. The molecule has 0 aromatic heterocycles. The van der Waals surface area contributed by atoms with Crippen LogP contribution in [0.4, 0.5) is 0 Å². The summed E-state index contributed by atoms with van der Waals surface area (Å²) in [6.45, 7) is 4.67. The molecule has 1 N–H and O–H groups in total. The first-order valence-electron chi connectivity index (χ1n) is 10.0. The Labute approximate surface area is 183 Å². The Bertz CT molecular complexity index is 1000. The molecular weight excluding hydrogens is 416 g/mol. The van der Waals surface area contributed by atoms with Gasteiger partial charge in [-0.1, -0.05) is 60.7 Å². The summed E-state index contributed by atoms with van der Waals surface area (Å²) in [5.41, 5.74) is 1.59. The van der Waals surface area contributed by atoms with E-state index in [2.05, 4.69) is 5.32 Å². The van der Waals surface area contributed by atoms with Gasteiger partial charge >= 0.3 is 5.97 Å². The normalized spacial score (nSPS) is 26.2. The summed E-state index contributed by atoms with van der Waals surface area (Å²) in [5, 5.41) is 1.81. The van der Waals surface area contributed by atoms with E-state index in [1.54, 1.807) is 13.8 Å². The van der Waals surface area contributed by atoms with Gasteiger partial charge in [-0.15, -0.1) is 0 Å². The molecule has 0 radical (unpaired) electrons. The van der Waals surface area contributed by atoms with Crippen LogP contribution in [0.1, 0.15) is 38.0 Å². The van der Waals surface area contributed by atoms with Gasteiger partial charge in [0.2, 0.25) is 11.8 Å². The summed E-state index contributed by atoms with van der Waals surface area (Å²) in [6, 6.07) is 16.8. The molecule has 4 atom stereocenters. The summed E-state index contributed by atoms with van der Waals surface area (Å²) in [6.07, 6.45) is -0.666. The molecule has 2 aromatic carbocycles. The average molecular weight is 441 g/mol. The van der Waals surface area contributed by atoms with Gasteiger partial charge in [-0.05, 0) is 25.0 Å². The number of amides is 2. The van der Waals surface area contributed by atoms with Gasteiger partial charge in [-0.3, -0.25) is 13.8 Å². The average Bonchev–Trinajstić information content (AvgIpc) is 2.95. The molecule has 31 heavy (non-hydrogen) atoms. The van der Waals surface area contributed by atoms with Crippen LogP contribution in [0.3, 0.4) is 0 Å². The molecule has 162 valence electrons. The van der Waals surface area contributed by atoms with E-state index in [1.165, 1.54) is 11.8 Å². The molecule has 2 aliphatic rings. The molecule has 8 heteroatoms. The monoisotopic (exact) mass is 440 g/mol. The van der Waals surface area contributed by atoms with Crippen molar-refractivity contribution in [2.45, 2.75) is 49.1 Å². The number of carbonyl (C=O) groups is 3. The molecule has 2 saturated heterocycles. The van der Waals surface area contributed by atoms with E-state index in [4.69, 9.17) is 4.74 Å². The number of rotatable bonds is 5. The molecule has 2 amide bonds. The van der Waals surface area contributed by atoms with E-state index in [-0.39, 0.29) is 5.91 Å². The third kappa shape index (κ3) is 3.54. The van der Waals surface area contributed by atoms with Crippen LogP contribution in [-0.2, 0) is 29.9 Å². The second-order valence-corrected chi connectivity index (χ2v) is 10.4. The lowest BCUT2D eigenvalue weighted by Gasteiger charge is -2.43. The quantitative estimate of drug-likeness (QED) is 0.566. The van der Waals surface area contributed by atoms with Gasteiger partial charge in [0.15, 0.2) is 6.10 Å². The largest absolute Gasteiger partial charge is 0.451 e. The summed E-state index contributed by atoms with van der Waals surface area (Å²) in [4.78, 5) is 38.9. The minimum Gasteiger partial charge on any atom is -0.451 e. The standard InChI is InChI=1S/C23H24N2O5S/c1-14(26)24-17-20(27)25-19(23(2,3)31(29)21(17)25)22(28)30-18(15-10-6-4-7-11-15)16-12-8-5-9-13-16/h4-13,17-19,21H,1-3H3,(H,24,26)/t17-,19+,21?,31-/m1/s1. The molecule has 2 aromatic rings. The van der Waals surface area contributed by atoms with Crippen LogP contribution in [0.2, 0.25) is 0 Å². The number of hydrogen-bond donors (Lipinski definition) is 1. The van der Waals surface area contributed by atoms with Crippen molar-refractivity contribution in [1.82, 2.24) is 10.2 Å². The van der Waals surface area contributed by atoms with E-state index < -0.39 is 51.0 Å². The van der Waals surface area contributed by atoms with E-state index in [9.17, 15) is 18.6 Å². The Balaban J connectivity index is 1.64. The Hall–Kier alpha value is -3.00. The van der Waals surface area contributed by atoms with Gasteiger partial charge in [0.05, 0.1) is 15.5 Å². The summed E-state index contributed by atoms with van der Waals surface area (Å²) in [7, 11) is -1.55. The SMILES string of the molecule is CC(=O)N[C@@H]1C(=O)N2C1[S@@](=O)C(C)(C)[C@@H]2C(=O)OC(c1ccccc1)c1ccccc1. The lowest BCUT2D eigenvalue weighted by Crippen LogP contribution is -2.71. The van der Waals surface area contributed by atoms with E-state index >= 15 is 0 Å². The molecule has 0 aliphatic carbocycles. The minimum absolute atomic E-state index is 0.382. The Morgan fingerprint density at radius 2 is 1.55 bits per heavy atom. The number of ether oxygens (including phenoxy) is 1. The van der Waals surface area contributed by atoms with Gasteiger partial charge in [0, 0.05) is 6.92 Å². The first-order valence-corrected chi connectivity index (χ1v) is 11.2. The maximum atomic E-state index is 13.4. The fourth-order valence-corrected chi connectivity index (χ4v) is 6.17. The van der Waals surface area contributed by atoms with Gasteiger partial charge in [-0.25, -0.2) is 4.79 Å². The molecule has 0 spiro atoms. The Morgan fingerprint density at radius 1 is 1.03 bits per heavy atom. The maximum absolute atomic E-state index is 13.4. The molecule has 2 fully saturated rings. The van der Waals surface area contributed by atoms with Gasteiger partial charge < -0.3 is 15.0 Å². The van der Waals surface area contributed by atoms with Crippen LogP contribution >= 0.6 is 0 Å². The second-order valence-electron chi connectivity index (χ2n) is 8.26. The number of esters is 1. The van der Waals surface area contributed by atoms with Crippen LogP contribution in [0.25, 0.3) is 0 Å². The predicted molar refractivity (Wildman–Crippen MR) is 115 cm³/mol.